The lowest BCUT2D eigenvalue weighted by atomic mass is 10.1. The summed E-state index contributed by atoms with van der Waals surface area (Å²) in [4.78, 5) is 0.233. The molecule has 0 saturated carbocycles. The normalized spacial score (nSPS) is 13.4. The molecule has 0 amide bonds. The molecule has 1 aromatic carbocycles. The minimum absolute atomic E-state index is 0.233. The Morgan fingerprint density at radius 3 is 2.45 bits per heavy atom. The highest BCUT2D eigenvalue weighted by Crippen LogP contribution is 2.29. The van der Waals surface area contributed by atoms with Crippen LogP contribution >= 0.6 is 15.9 Å². The van der Waals surface area contributed by atoms with Gasteiger partial charge in [0.1, 0.15) is 6.10 Å². The van der Waals surface area contributed by atoms with E-state index in [0.717, 1.165) is 10.7 Å². The number of aromatic nitrogens is 2. The molecule has 0 bridgehead atoms. The number of aliphatic hydroxyl groups is 1. The summed E-state index contributed by atoms with van der Waals surface area (Å²) in [5.41, 5.74) is 1.27. The topological polar surface area (TPSA) is 72.2 Å². The summed E-state index contributed by atoms with van der Waals surface area (Å²) < 4.78 is 25.2. The summed E-state index contributed by atoms with van der Waals surface area (Å²) >= 11 is 3.36. The van der Waals surface area contributed by atoms with Crippen molar-refractivity contribution in [1.29, 1.82) is 0 Å². The van der Waals surface area contributed by atoms with Gasteiger partial charge < -0.3 is 5.11 Å². The van der Waals surface area contributed by atoms with E-state index in [1.165, 1.54) is 12.1 Å². The second-order valence-corrected chi connectivity index (χ2v) is 7.31. The van der Waals surface area contributed by atoms with Gasteiger partial charge in [0.15, 0.2) is 9.84 Å². The van der Waals surface area contributed by atoms with Gasteiger partial charge in [-0.25, -0.2) is 8.42 Å². The van der Waals surface area contributed by atoms with Crippen molar-refractivity contribution >= 4 is 25.8 Å². The lowest BCUT2D eigenvalue weighted by Crippen LogP contribution is -2.10. The van der Waals surface area contributed by atoms with Crippen molar-refractivity contribution in [3.05, 3.63) is 46.2 Å². The molecule has 1 unspecified atom stereocenters. The number of benzene rings is 1. The number of hydrogen-bond donors (Lipinski definition) is 1. The molecular weight excluding hydrogens is 344 g/mol. The summed E-state index contributed by atoms with van der Waals surface area (Å²) in [5.74, 6) is 0. The third-order valence-electron chi connectivity index (χ3n) is 3.02. The van der Waals surface area contributed by atoms with E-state index < -0.39 is 15.9 Å². The van der Waals surface area contributed by atoms with Gasteiger partial charge in [-0.05, 0) is 40.5 Å². The Morgan fingerprint density at radius 1 is 1.35 bits per heavy atom. The van der Waals surface area contributed by atoms with E-state index in [4.69, 9.17) is 0 Å². The maximum atomic E-state index is 11.4. The van der Waals surface area contributed by atoms with Crippen LogP contribution in [0.25, 0.3) is 0 Å². The van der Waals surface area contributed by atoms with E-state index in [9.17, 15) is 13.5 Å². The predicted octanol–water partition coefficient (Wildman–Crippen LogP) is 2.15. The second-order valence-electron chi connectivity index (χ2n) is 4.44. The molecule has 2 aromatic rings. The average Bonchev–Trinajstić information content (AvgIpc) is 2.78. The zero-order valence-corrected chi connectivity index (χ0v) is 13.5. The molecule has 0 spiro atoms. The first-order valence-corrected chi connectivity index (χ1v) is 8.72. The molecule has 0 fully saturated rings. The van der Waals surface area contributed by atoms with Crippen LogP contribution in [0.5, 0.6) is 0 Å². The molecule has 108 valence electrons. The van der Waals surface area contributed by atoms with Crippen LogP contribution in [0.1, 0.15) is 24.3 Å². The summed E-state index contributed by atoms with van der Waals surface area (Å²) in [7, 11) is -3.23. The first kappa shape index (κ1) is 15.2. The lowest BCUT2D eigenvalue weighted by Gasteiger charge is -2.14. The third-order valence-corrected chi connectivity index (χ3v) is 4.76. The number of aryl methyl sites for hydroxylation is 1. The highest BCUT2D eigenvalue weighted by molar-refractivity contribution is 9.10. The Balaban J connectivity index is 2.39. The van der Waals surface area contributed by atoms with Gasteiger partial charge in [-0.1, -0.05) is 12.1 Å². The maximum Gasteiger partial charge on any atom is 0.175 e. The predicted molar refractivity (Wildman–Crippen MR) is 79.2 cm³/mol. The van der Waals surface area contributed by atoms with Gasteiger partial charge in [0.25, 0.3) is 0 Å². The van der Waals surface area contributed by atoms with Crippen molar-refractivity contribution in [2.24, 2.45) is 0 Å². The van der Waals surface area contributed by atoms with Crippen molar-refractivity contribution in [3.63, 3.8) is 0 Å². The van der Waals surface area contributed by atoms with Crippen LogP contribution in [0.4, 0.5) is 0 Å². The van der Waals surface area contributed by atoms with Gasteiger partial charge in [-0.3, -0.25) is 4.68 Å². The Labute approximate surface area is 126 Å². The fraction of sp³-hybridized carbons (Fsp3) is 0.308. The van der Waals surface area contributed by atoms with E-state index in [1.54, 1.807) is 23.0 Å². The van der Waals surface area contributed by atoms with Crippen LogP contribution in [-0.4, -0.2) is 29.6 Å². The molecule has 1 aromatic heterocycles. The Hall–Kier alpha value is -1.18. The molecule has 0 radical (unpaired) electrons. The quantitative estimate of drug-likeness (QED) is 0.908. The van der Waals surface area contributed by atoms with E-state index >= 15 is 0 Å². The SMILES string of the molecule is CCn1ncc(Br)c1C(O)c1ccc(S(C)(=O)=O)cc1. The van der Waals surface area contributed by atoms with Crippen LogP contribution in [0.3, 0.4) is 0 Å². The minimum Gasteiger partial charge on any atom is -0.382 e. The first-order valence-electron chi connectivity index (χ1n) is 6.04. The van der Waals surface area contributed by atoms with Crippen LogP contribution < -0.4 is 0 Å². The highest BCUT2D eigenvalue weighted by Gasteiger charge is 2.19. The number of nitrogens with zero attached hydrogens (tertiary/aromatic N) is 2. The average molecular weight is 359 g/mol. The van der Waals surface area contributed by atoms with Crippen molar-refractivity contribution in [1.82, 2.24) is 9.78 Å². The molecule has 5 nitrogen and oxygen atoms in total. The maximum absolute atomic E-state index is 11.4. The van der Waals surface area contributed by atoms with Crippen LogP contribution in [-0.2, 0) is 16.4 Å². The van der Waals surface area contributed by atoms with Gasteiger partial charge in [-0.15, -0.1) is 0 Å². The molecule has 0 aliphatic rings. The summed E-state index contributed by atoms with van der Waals surface area (Å²) in [6.07, 6.45) is 1.93. The Bertz CT molecular complexity index is 708. The van der Waals surface area contributed by atoms with Gasteiger partial charge in [-0.2, -0.15) is 5.10 Å². The van der Waals surface area contributed by atoms with Gasteiger partial charge >= 0.3 is 0 Å². The largest absolute Gasteiger partial charge is 0.382 e. The van der Waals surface area contributed by atoms with Gasteiger partial charge in [0.2, 0.25) is 0 Å². The molecule has 1 heterocycles. The van der Waals surface area contributed by atoms with Crippen LogP contribution in [0.15, 0.2) is 39.8 Å². The summed E-state index contributed by atoms with van der Waals surface area (Å²) in [6, 6.07) is 6.21. The first-order chi connectivity index (χ1) is 9.34. The Morgan fingerprint density at radius 2 is 1.95 bits per heavy atom. The molecule has 2 rings (SSSR count). The number of rotatable bonds is 4. The van der Waals surface area contributed by atoms with Gasteiger partial charge in [0, 0.05) is 12.8 Å². The van der Waals surface area contributed by atoms with Crippen molar-refractivity contribution in [3.8, 4) is 0 Å². The smallest absolute Gasteiger partial charge is 0.175 e. The second kappa shape index (κ2) is 5.67. The molecule has 1 N–H and O–H groups in total. The molecule has 1 atom stereocenters. The summed E-state index contributed by atoms with van der Waals surface area (Å²) in [5, 5.41) is 14.6. The number of hydrogen-bond acceptors (Lipinski definition) is 4. The van der Waals surface area contributed by atoms with Crippen LogP contribution in [0.2, 0.25) is 0 Å². The highest BCUT2D eigenvalue weighted by atomic mass is 79.9. The van der Waals surface area contributed by atoms with E-state index in [-0.39, 0.29) is 4.90 Å². The molecular formula is C13H15BrN2O3S. The van der Waals surface area contributed by atoms with Crippen molar-refractivity contribution < 1.29 is 13.5 Å². The molecule has 7 heteroatoms. The summed E-state index contributed by atoms with van der Waals surface area (Å²) in [6.45, 7) is 2.57. The standard InChI is InChI=1S/C13H15BrN2O3S/c1-3-16-12(11(14)8-15-16)13(17)9-4-6-10(7-5-9)20(2,18)19/h4-8,13,17H,3H2,1-2H3. The van der Waals surface area contributed by atoms with Crippen molar-refractivity contribution in [2.45, 2.75) is 24.5 Å². The minimum atomic E-state index is -3.23. The number of aliphatic hydroxyl groups excluding tert-OH is 1. The van der Waals surface area contributed by atoms with E-state index in [0.29, 0.717) is 17.8 Å². The zero-order chi connectivity index (χ0) is 14.9. The van der Waals surface area contributed by atoms with Gasteiger partial charge in [0.05, 0.1) is 21.3 Å². The number of sulfone groups is 1. The lowest BCUT2D eigenvalue weighted by molar-refractivity contribution is 0.207. The molecule has 0 saturated heterocycles. The Kier molecular flexibility index (Phi) is 4.31. The monoisotopic (exact) mass is 358 g/mol. The third kappa shape index (κ3) is 2.94. The van der Waals surface area contributed by atoms with E-state index in [2.05, 4.69) is 21.0 Å². The van der Waals surface area contributed by atoms with Crippen molar-refractivity contribution in [2.75, 3.05) is 6.26 Å². The zero-order valence-electron chi connectivity index (χ0n) is 11.1. The fourth-order valence-electron chi connectivity index (χ4n) is 1.95. The van der Waals surface area contributed by atoms with Crippen LogP contribution in [0, 0.1) is 0 Å². The molecule has 20 heavy (non-hydrogen) atoms. The molecule has 0 aliphatic carbocycles. The number of halogens is 1. The fourth-order valence-corrected chi connectivity index (χ4v) is 3.09. The van der Waals surface area contributed by atoms with E-state index in [1.807, 2.05) is 6.92 Å². The molecule has 0 aliphatic heterocycles.